The van der Waals surface area contributed by atoms with Crippen molar-refractivity contribution in [1.82, 2.24) is 5.32 Å². The predicted octanol–water partition coefficient (Wildman–Crippen LogP) is 2.72. The summed E-state index contributed by atoms with van der Waals surface area (Å²) in [6, 6.07) is 6.50. The average Bonchev–Trinajstić information content (AvgIpc) is 3.16. The van der Waals surface area contributed by atoms with E-state index in [9.17, 15) is 9.59 Å². The van der Waals surface area contributed by atoms with Gasteiger partial charge in [-0.1, -0.05) is 25.5 Å². The summed E-state index contributed by atoms with van der Waals surface area (Å²) >= 11 is 0. The Labute approximate surface area is 118 Å². The van der Waals surface area contributed by atoms with Crippen molar-refractivity contribution in [2.45, 2.75) is 32.2 Å². The van der Waals surface area contributed by atoms with Gasteiger partial charge in [0, 0.05) is 13.1 Å². The summed E-state index contributed by atoms with van der Waals surface area (Å²) in [6.45, 7) is 2.13. The highest BCUT2D eigenvalue weighted by Crippen LogP contribution is 2.34. The molecule has 2 rings (SSSR count). The van der Waals surface area contributed by atoms with Crippen molar-refractivity contribution in [2.24, 2.45) is 5.92 Å². The molecule has 1 aromatic carbocycles. The van der Waals surface area contributed by atoms with Gasteiger partial charge in [-0.2, -0.15) is 0 Å². The van der Waals surface area contributed by atoms with Crippen LogP contribution in [0.15, 0.2) is 24.3 Å². The number of nitrogens with one attached hydrogen (secondary N) is 1. The quantitative estimate of drug-likeness (QED) is 0.868. The third kappa shape index (κ3) is 3.10. The number of para-hydroxylation sites is 1. The first-order valence-corrected chi connectivity index (χ1v) is 6.91. The minimum atomic E-state index is -1.03. The lowest BCUT2D eigenvalue weighted by Gasteiger charge is -2.20. The Morgan fingerprint density at radius 1 is 1.40 bits per heavy atom. The van der Waals surface area contributed by atoms with Gasteiger partial charge in [0.15, 0.2) is 0 Å². The molecular weight excluding hydrogens is 256 g/mol. The van der Waals surface area contributed by atoms with Gasteiger partial charge >= 0.3 is 12.0 Å². The van der Waals surface area contributed by atoms with Crippen molar-refractivity contribution >= 4 is 17.7 Å². The van der Waals surface area contributed by atoms with Crippen LogP contribution in [0.25, 0.3) is 0 Å². The third-order valence-corrected chi connectivity index (χ3v) is 3.69. The monoisotopic (exact) mass is 276 g/mol. The molecule has 1 aliphatic rings. The van der Waals surface area contributed by atoms with E-state index in [-0.39, 0.29) is 17.6 Å². The van der Waals surface area contributed by atoms with Crippen molar-refractivity contribution in [3.63, 3.8) is 0 Å². The van der Waals surface area contributed by atoms with Crippen LogP contribution in [0.1, 0.15) is 36.5 Å². The number of benzene rings is 1. The van der Waals surface area contributed by atoms with E-state index >= 15 is 0 Å². The van der Waals surface area contributed by atoms with Crippen LogP contribution in [0.2, 0.25) is 0 Å². The van der Waals surface area contributed by atoms with E-state index in [1.54, 1.807) is 25.2 Å². The van der Waals surface area contributed by atoms with E-state index < -0.39 is 5.97 Å². The highest BCUT2D eigenvalue weighted by Gasteiger charge is 2.37. The number of anilines is 1. The summed E-state index contributed by atoms with van der Waals surface area (Å²) in [4.78, 5) is 24.7. The van der Waals surface area contributed by atoms with E-state index in [0.29, 0.717) is 11.6 Å². The number of urea groups is 1. The largest absolute Gasteiger partial charge is 0.478 e. The Balaban J connectivity index is 2.02. The van der Waals surface area contributed by atoms with Gasteiger partial charge in [-0.3, -0.25) is 4.90 Å². The zero-order valence-corrected chi connectivity index (χ0v) is 11.8. The molecule has 0 saturated heterocycles. The number of hydrogen-bond acceptors (Lipinski definition) is 2. The Kier molecular flexibility index (Phi) is 4.27. The molecule has 5 nitrogen and oxygen atoms in total. The SMILES string of the molecule is CCCC1CC1NC(=O)N(C)c1ccccc1C(=O)O. The van der Waals surface area contributed by atoms with Crippen molar-refractivity contribution in [3.8, 4) is 0 Å². The maximum atomic E-state index is 12.1. The van der Waals surface area contributed by atoms with Gasteiger partial charge in [0.05, 0.1) is 11.3 Å². The second kappa shape index (κ2) is 5.94. The fourth-order valence-corrected chi connectivity index (χ4v) is 2.43. The molecule has 1 aliphatic carbocycles. The highest BCUT2D eigenvalue weighted by molar-refractivity contribution is 6.01. The lowest BCUT2D eigenvalue weighted by atomic mass is 10.1. The smallest absolute Gasteiger partial charge is 0.337 e. The molecular formula is C15H20N2O3. The molecule has 2 unspecified atom stereocenters. The predicted molar refractivity (Wildman–Crippen MR) is 77.1 cm³/mol. The minimum Gasteiger partial charge on any atom is -0.478 e. The summed E-state index contributed by atoms with van der Waals surface area (Å²) < 4.78 is 0. The van der Waals surface area contributed by atoms with Gasteiger partial charge < -0.3 is 10.4 Å². The van der Waals surface area contributed by atoms with Gasteiger partial charge in [-0.15, -0.1) is 0 Å². The maximum absolute atomic E-state index is 12.1. The Morgan fingerprint density at radius 2 is 2.10 bits per heavy atom. The zero-order chi connectivity index (χ0) is 14.7. The molecule has 0 aromatic heterocycles. The zero-order valence-electron chi connectivity index (χ0n) is 11.8. The molecule has 108 valence electrons. The maximum Gasteiger partial charge on any atom is 0.337 e. The van der Waals surface area contributed by atoms with Crippen LogP contribution in [0, 0.1) is 5.92 Å². The lowest BCUT2D eigenvalue weighted by Crippen LogP contribution is -2.39. The summed E-state index contributed by atoms with van der Waals surface area (Å²) in [6.07, 6.45) is 3.27. The van der Waals surface area contributed by atoms with Crippen LogP contribution in [-0.4, -0.2) is 30.2 Å². The third-order valence-electron chi connectivity index (χ3n) is 3.69. The van der Waals surface area contributed by atoms with Gasteiger partial charge in [0.25, 0.3) is 0 Å². The van der Waals surface area contributed by atoms with Crippen molar-refractivity contribution in [3.05, 3.63) is 29.8 Å². The van der Waals surface area contributed by atoms with E-state index in [2.05, 4.69) is 12.2 Å². The topological polar surface area (TPSA) is 69.6 Å². The van der Waals surface area contributed by atoms with E-state index in [0.717, 1.165) is 19.3 Å². The van der Waals surface area contributed by atoms with Crippen LogP contribution < -0.4 is 10.2 Å². The first-order chi connectivity index (χ1) is 9.54. The second-order valence-corrected chi connectivity index (χ2v) is 5.22. The summed E-state index contributed by atoms with van der Waals surface area (Å²) in [7, 11) is 1.59. The number of carboxylic acids is 1. The number of aromatic carboxylic acids is 1. The second-order valence-electron chi connectivity index (χ2n) is 5.22. The molecule has 0 radical (unpaired) electrons. The molecule has 20 heavy (non-hydrogen) atoms. The van der Waals surface area contributed by atoms with Crippen molar-refractivity contribution in [2.75, 3.05) is 11.9 Å². The van der Waals surface area contributed by atoms with Gasteiger partial charge in [0.2, 0.25) is 0 Å². The normalized spacial score (nSPS) is 20.3. The number of hydrogen-bond donors (Lipinski definition) is 2. The molecule has 1 fully saturated rings. The lowest BCUT2D eigenvalue weighted by molar-refractivity contribution is 0.0697. The molecule has 1 saturated carbocycles. The highest BCUT2D eigenvalue weighted by atomic mass is 16.4. The van der Waals surface area contributed by atoms with E-state index in [1.807, 2.05) is 0 Å². The average molecular weight is 276 g/mol. The molecule has 2 N–H and O–H groups in total. The standard InChI is InChI=1S/C15H20N2O3/c1-3-6-10-9-12(10)16-15(20)17(2)13-8-5-4-7-11(13)14(18)19/h4-5,7-8,10,12H,3,6,9H2,1-2H3,(H,16,20)(H,18,19). The number of carbonyl (C=O) groups is 2. The summed E-state index contributed by atoms with van der Waals surface area (Å²) in [5, 5.41) is 12.1. The fraction of sp³-hybridized carbons (Fsp3) is 0.467. The molecule has 1 aromatic rings. The molecule has 0 aliphatic heterocycles. The number of carbonyl (C=O) groups excluding carboxylic acids is 1. The molecule has 2 atom stereocenters. The summed E-state index contributed by atoms with van der Waals surface area (Å²) in [5.41, 5.74) is 0.538. The number of amides is 2. The number of nitrogens with zero attached hydrogens (tertiary/aromatic N) is 1. The van der Waals surface area contributed by atoms with Crippen molar-refractivity contribution < 1.29 is 14.7 Å². The van der Waals surface area contributed by atoms with Crippen molar-refractivity contribution in [1.29, 1.82) is 0 Å². The molecule has 2 amide bonds. The van der Waals surface area contributed by atoms with Crippen LogP contribution >= 0.6 is 0 Å². The van der Waals surface area contributed by atoms with Crippen LogP contribution in [0.4, 0.5) is 10.5 Å². The minimum absolute atomic E-state index is 0.131. The molecule has 0 heterocycles. The van der Waals surface area contributed by atoms with Gasteiger partial charge in [0.1, 0.15) is 0 Å². The Hall–Kier alpha value is -2.04. The molecule has 5 heteroatoms. The van der Waals surface area contributed by atoms with Crippen LogP contribution in [0.5, 0.6) is 0 Å². The number of rotatable bonds is 5. The van der Waals surface area contributed by atoms with Crippen LogP contribution in [-0.2, 0) is 0 Å². The first-order valence-electron chi connectivity index (χ1n) is 6.91. The Morgan fingerprint density at radius 3 is 2.75 bits per heavy atom. The van der Waals surface area contributed by atoms with E-state index in [4.69, 9.17) is 5.11 Å². The molecule has 0 bridgehead atoms. The number of carboxylic acid groups (broad SMARTS) is 1. The Bertz CT molecular complexity index is 516. The fourth-order valence-electron chi connectivity index (χ4n) is 2.43. The van der Waals surface area contributed by atoms with Gasteiger partial charge in [-0.05, 0) is 30.9 Å². The van der Waals surface area contributed by atoms with E-state index in [1.165, 1.54) is 11.0 Å². The van der Waals surface area contributed by atoms with Crippen LogP contribution in [0.3, 0.4) is 0 Å². The van der Waals surface area contributed by atoms with Gasteiger partial charge in [-0.25, -0.2) is 9.59 Å². The first kappa shape index (κ1) is 14.4. The summed E-state index contributed by atoms with van der Waals surface area (Å²) in [5.74, 6) is -0.456. The molecule has 0 spiro atoms.